The largest absolute Gasteiger partial charge is 0.509 e. The Balaban J connectivity index is 0.00000569. The first kappa shape index (κ1) is 50.8. The van der Waals surface area contributed by atoms with Gasteiger partial charge in [0.25, 0.3) is 0 Å². The van der Waals surface area contributed by atoms with Crippen LogP contribution < -0.4 is 14.5 Å². The van der Waals surface area contributed by atoms with Gasteiger partial charge in [-0.15, -0.1) is 48.1 Å². The van der Waals surface area contributed by atoms with Crippen molar-refractivity contribution in [1.29, 1.82) is 0 Å². The molecule has 3 unspecified atom stereocenters. The summed E-state index contributed by atoms with van der Waals surface area (Å²) in [5.74, 6) is 2.34. The Kier molecular flexibility index (Phi) is 10.5. The SMILES string of the molecule is CC(C)(C)c1ccnc(-n2c3[c-]c(Oc4[c-]c(N5[CH-]N(c6c(C78c9ccccc9C(c9ccccc97)c7ccccc78)cccc6C67c8ccccc8C8c9ccccc9C86c6ccccc67)c6ccccc65)ccc4)ccc3c3ccccc32)c1.[Pt]. The number of rotatable bonds is 7. The summed E-state index contributed by atoms with van der Waals surface area (Å²) >= 11 is 0. The molecule has 0 saturated carbocycles. The van der Waals surface area contributed by atoms with Gasteiger partial charge < -0.3 is 19.1 Å². The molecule has 7 aliphatic rings. The van der Waals surface area contributed by atoms with Crippen molar-refractivity contribution in [2.45, 2.75) is 54.3 Å². The molecule has 11 aromatic carbocycles. The van der Waals surface area contributed by atoms with Crippen LogP contribution in [-0.4, -0.2) is 9.55 Å². The van der Waals surface area contributed by atoms with Crippen molar-refractivity contribution in [2.75, 3.05) is 9.80 Å². The number of hydrogen-bond acceptors (Lipinski definition) is 4. The van der Waals surface area contributed by atoms with Gasteiger partial charge in [0, 0.05) is 78.6 Å². The molecule has 0 radical (unpaired) electrons. The fraction of sp³-hybridized carbons (Fsp3) is 0.111. The van der Waals surface area contributed by atoms with Crippen LogP contribution in [0.3, 0.4) is 0 Å². The summed E-state index contributed by atoms with van der Waals surface area (Å²) in [5, 5.41) is 2.22. The molecule has 418 valence electrons. The van der Waals surface area contributed by atoms with Crippen LogP contribution in [0, 0.1) is 18.8 Å². The van der Waals surface area contributed by atoms with Crippen molar-refractivity contribution in [1.82, 2.24) is 9.55 Å². The van der Waals surface area contributed by atoms with E-state index in [2.05, 4.69) is 297 Å². The summed E-state index contributed by atoms with van der Waals surface area (Å²) in [4.78, 5) is 9.82. The van der Waals surface area contributed by atoms with Crippen molar-refractivity contribution >= 4 is 44.6 Å². The predicted octanol–water partition coefficient (Wildman–Crippen LogP) is 18.6. The van der Waals surface area contributed by atoms with Gasteiger partial charge in [-0.3, -0.25) is 0 Å². The number of fused-ring (bicyclic) bond motifs is 11. The quantitative estimate of drug-likeness (QED) is 0.149. The van der Waals surface area contributed by atoms with Crippen molar-refractivity contribution in [3.63, 3.8) is 0 Å². The molecule has 0 saturated heterocycles. The molecule has 5 nitrogen and oxygen atoms in total. The minimum absolute atomic E-state index is 0. The van der Waals surface area contributed by atoms with E-state index in [1.165, 1.54) is 89.1 Å². The zero-order chi connectivity index (χ0) is 56.8. The number of benzene rings is 11. The van der Waals surface area contributed by atoms with Gasteiger partial charge in [-0.25, -0.2) is 4.98 Å². The third-order valence-electron chi connectivity index (χ3n) is 20.5. The minimum Gasteiger partial charge on any atom is -0.509 e. The van der Waals surface area contributed by atoms with Crippen LogP contribution >= 0.6 is 0 Å². The third-order valence-corrected chi connectivity index (χ3v) is 20.5. The normalized spacial score (nSPS) is 20.8. The first-order valence-electron chi connectivity index (χ1n) is 30.2. The van der Waals surface area contributed by atoms with Gasteiger partial charge in [0.15, 0.2) is 0 Å². The van der Waals surface area contributed by atoms with Crippen LogP contribution in [-0.2, 0) is 42.7 Å². The minimum atomic E-state index is -0.698. The topological polar surface area (TPSA) is 33.5 Å². The Hall–Kier alpha value is -9.54. The van der Waals surface area contributed by atoms with Gasteiger partial charge in [0.1, 0.15) is 5.82 Å². The summed E-state index contributed by atoms with van der Waals surface area (Å²) in [6.07, 6.45) is 1.92. The standard InChI is InChI=1S/C81H55N4O.Pt/c1-78(2,3)50-44-45-82-74(46-50)85-70-39-17-9-24-54(70)55-43-42-53(48-73(55)85)86-52-23-20-22-51(47-52)83-49-84(72-41-19-18-40-71(72)83)77-68(79-61-30-10-4-25-56(61)75(57-26-5-11-31-62(57)79)58-27-6-12-32-63(58)79)37-21-38-69(77)80-64-33-13-7-28-59(64)76-60-29-8-14-34-65(60)81(76,80)67-36-16-15-35-66(67)80;/h4-46,49,75-76H,1-3H3;/q-3;. The Morgan fingerprint density at radius 2 is 1.00 bits per heavy atom. The van der Waals surface area contributed by atoms with Gasteiger partial charge in [-0.2, -0.15) is 12.1 Å². The number of anilines is 4. The van der Waals surface area contributed by atoms with E-state index < -0.39 is 10.8 Å². The molecule has 20 rings (SSSR count). The molecule has 6 heteroatoms. The number of pyridine rings is 1. The Morgan fingerprint density at radius 1 is 0.460 bits per heavy atom. The van der Waals surface area contributed by atoms with Crippen LogP contribution in [0.25, 0.3) is 27.6 Å². The molecule has 1 aliphatic heterocycles. The molecule has 87 heavy (non-hydrogen) atoms. The fourth-order valence-electron chi connectivity index (χ4n) is 17.5. The van der Waals surface area contributed by atoms with E-state index in [1.807, 2.05) is 18.3 Å². The van der Waals surface area contributed by atoms with Gasteiger partial charge >= 0.3 is 0 Å². The number of aromatic nitrogens is 2. The van der Waals surface area contributed by atoms with E-state index >= 15 is 0 Å². The maximum atomic E-state index is 6.92. The molecule has 13 aromatic rings. The Labute approximate surface area is 521 Å². The first-order chi connectivity index (χ1) is 42.3. The van der Waals surface area contributed by atoms with Gasteiger partial charge in [0.05, 0.1) is 10.8 Å². The van der Waals surface area contributed by atoms with E-state index in [1.54, 1.807) is 0 Å². The molecule has 3 heterocycles. The van der Waals surface area contributed by atoms with Gasteiger partial charge in [0.2, 0.25) is 0 Å². The van der Waals surface area contributed by atoms with Crippen molar-refractivity contribution < 1.29 is 25.8 Å². The average Bonchev–Trinajstić information content (AvgIpc) is 1.50. The second-order valence-electron chi connectivity index (χ2n) is 25.3. The molecule has 3 atom stereocenters. The molecule has 2 aromatic heterocycles. The summed E-state index contributed by atoms with van der Waals surface area (Å²) in [5.41, 5.74) is 24.9. The van der Waals surface area contributed by atoms with E-state index in [4.69, 9.17) is 9.72 Å². The number of para-hydroxylation sites is 4. The van der Waals surface area contributed by atoms with E-state index in [9.17, 15) is 0 Å². The number of nitrogens with zero attached hydrogens (tertiary/aromatic N) is 4. The molecular formula is C81H55N4OPt-3. The van der Waals surface area contributed by atoms with Crippen LogP contribution in [0.5, 0.6) is 11.5 Å². The summed E-state index contributed by atoms with van der Waals surface area (Å²) in [6.45, 7) is 9.06. The second-order valence-corrected chi connectivity index (χ2v) is 25.3. The molecule has 2 bridgehead atoms. The van der Waals surface area contributed by atoms with Gasteiger partial charge in [-0.05, 0) is 125 Å². The fourth-order valence-corrected chi connectivity index (χ4v) is 17.5. The summed E-state index contributed by atoms with van der Waals surface area (Å²) < 4.78 is 9.14. The Bertz CT molecular complexity index is 4970. The maximum Gasteiger partial charge on any atom is 0.135 e. The van der Waals surface area contributed by atoms with E-state index in [0.29, 0.717) is 11.5 Å². The average molecular weight is 1300 g/mol. The van der Waals surface area contributed by atoms with Crippen LogP contribution in [0.4, 0.5) is 22.7 Å². The predicted molar refractivity (Wildman–Crippen MR) is 344 cm³/mol. The van der Waals surface area contributed by atoms with Crippen molar-refractivity contribution in [2.24, 2.45) is 0 Å². The zero-order valence-electron chi connectivity index (χ0n) is 48.1. The third kappa shape index (κ3) is 6.25. The molecule has 0 N–H and O–H groups in total. The molecular weight excluding hydrogens is 1240 g/mol. The van der Waals surface area contributed by atoms with Crippen molar-refractivity contribution in [3.8, 4) is 17.3 Å². The Morgan fingerprint density at radius 3 is 1.70 bits per heavy atom. The molecule has 1 spiro atoms. The van der Waals surface area contributed by atoms with Crippen molar-refractivity contribution in [3.05, 3.63) is 363 Å². The van der Waals surface area contributed by atoms with Crippen LogP contribution in [0.15, 0.2) is 261 Å². The van der Waals surface area contributed by atoms with Crippen LogP contribution in [0.1, 0.15) is 116 Å². The van der Waals surface area contributed by atoms with E-state index in [-0.39, 0.29) is 43.7 Å². The molecule has 0 amide bonds. The second kappa shape index (κ2) is 18.0. The molecule has 6 aliphatic carbocycles. The maximum absolute atomic E-state index is 6.92. The smallest absolute Gasteiger partial charge is 0.135 e. The first-order valence-corrected chi connectivity index (χ1v) is 30.2. The zero-order valence-corrected chi connectivity index (χ0v) is 50.3. The van der Waals surface area contributed by atoms with Crippen LogP contribution in [0.2, 0.25) is 0 Å². The monoisotopic (exact) mass is 1290 g/mol. The number of ether oxygens (including phenoxy) is 1. The van der Waals surface area contributed by atoms with E-state index in [0.717, 1.165) is 44.7 Å². The van der Waals surface area contributed by atoms with Gasteiger partial charge in [-0.1, -0.05) is 220 Å². The molecule has 0 fully saturated rings. The summed E-state index contributed by atoms with van der Waals surface area (Å²) in [7, 11) is 0. The summed E-state index contributed by atoms with van der Waals surface area (Å²) in [6, 6.07) is 103. The number of hydrogen-bond donors (Lipinski definition) is 0.